The second-order valence-corrected chi connectivity index (χ2v) is 6.41. The first kappa shape index (κ1) is 17.6. The molecule has 3 aromatic rings. The fourth-order valence-corrected chi connectivity index (χ4v) is 3.23. The highest BCUT2D eigenvalue weighted by Crippen LogP contribution is 2.13. The molecule has 1 heterocycles. The highest BCUT2D eigenvalue weighted by molar-refractivity contribution is 7.07. The number of hydrogen-bond donors (Lipinski definition) is 1. The van der Waals surface area contributed by atoms with Gasteiger partial charge in [0.15, 0.2) is 4.80 Å². The minimum absolute atomic E-state index is 0.166. The van der Waals surface area contributed by atoms with Crippen LogP contribution in [0.5, 0.6) is 0 Å². The molecule has 2 aromatic carbocycles. The molecule has 0 fully saturated rings. The Labute approximate surface area is 153 Å². The quantitative estimate of drug-likeness (QED) is 0.768. The number of nitriles is 1. The zero-order chi connectivity index (χ0) is 18.5. The second-order valence-electron chi connectivity index (χ2n) is 5.57. The maximum Gasteiger partial charge on any atom is 0.230 e. The first-order chi connectivity index (χ1) is 12.5. The zero-order valence-electron chi connectivity index (χ0n) is 13.9. The summed E-state index contributed by atoms with van der Waals surface area (Å²) in [6.45, 7) is 0. The van der Waals surface area contributed by atoms with Crippen LogP contribution in [-0.4, -0.2) is 10.5 Å². The van der Waals surface area contributed by atoms with Crippen molar-refractivity contribution in [3.05, 3.63) is 75.8 Å². The van der Waals surface area contributed by atoms with E-state index in [2.05, 4.69) is 10.3 Å². The van der Waals surface area contributed by atoms with E-state index in [0.717, 1.165) is 5.69 Å². The van der Waals surface area contributed by atoms with E-state index >= 15 is 0 Å². The maximum absolute atomic E-state index is 13.3. The van der Waals surface area contributed by atoms with E-state index < -0.39 is 0 Å². The largest absolute Gasteiger partial charge is 0.326 e. The third-order valence-electron chi connectivity index (χ3n) is 3.69. The number of carbonyl (C=O) groups excluding carboxylic acids is 1. The van der Waals surface area contributed by atoms with Crippen molar-refractivity contribution in [1.29, 1.82) is 5.26 Å². The van der Waals surface area contributed by atoms with Gasteiger partial charge in [0.25, 0.3) is 0 Å². The molecule has 0 unspecified atom stereocenters. The van der Waals surface area contributed by atoms with Crippen LogP contribution in [0.4, 0.5) is 15.8 Å². The normalized spacial score (nSPS) is 11.2. The highest BCUT2D eigenvalue weighted by atomic mass is 32.1. The highest BCUT2D eigenvalue weighted by Gasteiger charge is 2.09. The summed E-state index contributed by atoms with van der Waals surface area (Å²) >= 11 is 1.39. The number of nitrogens with zero attached hydrogens (tertiary/aromatic N) is 3. The Hall–Kier alpha value is -3.24. The molecule has 0 saturated carbocycles. The molecule has 7 heteroatoms. The van der Waals surface area contributed by atoms with Gasteiger partial charge in [-0.1, -0.05) is 6.07 Å². The molecule has 0 bridgehead atoms. The number of nitrogens with one attached hydrogen (secondary N) is 1. The standard InChI is InChI=1S/C19H15FN4OS/c1-24-17(10-18(25)22-15-7-5-13(11-21)6-8-15)12-26-19(24)23-16-4-2-3-14(20)9-16/h2-9,12H,10H2,1H3,(H,22,25). The van der Waals surface area contributed by atoms with Gasteiger partial charge in [0, 0.05) is 23.8 Å². The number of carbonyl (C=O) groups is 1. The molecule has 5 nitrogen and oxygen atoms in total. The van der Waals surface area contributed by atoms with Crippen molar-refractivity contribution in [1.82, 2.24) is 4.57 Å². The van der Waals surface area contributed by atoms with E-state index in [1.165, 1.54) is 23.5 Å². The smallest absolute Gasteiger partial charge is 0.230 e. The van der Waals surface area contributed by atoms with Crippen LogP contribution in [0.1, 0.15) is 11.3 Å². The molecular weight excluding hydrogens is 351 g/mol. The Morgan fingerprint density at radius 3 is 2.77 bits per heavy atom. The third-order valence-corrected chi connectivity index (χ3v) is 4.66. The van der Waals surface area contributed by atoms with E-state index in [0.29, 0.717) is 21.7 Å². The van der Waals surface area contributed by atoms with Crippen molar-refractivity contribution in [3.8, 4) is 6.07 Å². The van der Waals surface area contributed by atoms with Gasteiger partial charge in [0.05, 0.1) is 23.7 Å². The number of thiazole rings is 1. The molecule has 26 heavy (non-hydrogen) atoms. The molecule has 0 spiro atoms. The summed E-state index contributed by atoms with van der Waals surface area (Å²) in [6.07, 6.45) is 0.186. The SMILES string of the molecule is Cn1c(CC(=O)Nc2ccc(C#N)cc2)csc1=Nc1cccc(F)c1. The van der Waals surface area contributed by atoms with Gasteiger partial charge in [-0.2, -0.15) is 5.26 Å². The summed E-state index contributed by atoms with van der Waals surface area (Å²) in [6, 6.07) is 14.8. The molecule has 1 N–H and O–H groups in total. The fourth-order valence-electron chi connectivity index (χ4n) is 2.32. The van der Waals surface area contributed by atoms with E-state index in [1.54, 1.807) is 36.4 Å². The van der Waals surface area contributed by atoms with Crippen molar-refractivity contribution in [2.24, 2.45) is 12.0 Å². The predicted molar refractivity (Wildman–Crippen MR) is 98.4 cm³/mol. The number of hydrogen-bond acceptors (Lipinski definition) is 4. The summed E-state index contributed by atoms with van der Waals surface area (Å²) in [7, 11) is 1.82. The van der Waals surface area contributed by atoms with E-state index in [4.69, 9.17) is 5.26 Å². The van der Waals surface area contributed by atoms with Crippen molar-refractivity contribution < 1.29 is 9.18 Å². The van der Waals surface area contributed by atoms with E-state index in [1.807, 2.05) is 23.1 Å². The van der Waals surface area contributed by atoms with Crippen LogP contribution in [0.25, 0.3) is 0 Å². The predicted octanol–water partition coefficient (Wildman–Crippen LogP) is 3.51. The van der Waals surface area contributed by atoms with Gasteiger partial charge >= 0.3 is 0 Å². The Morgan fingerprint density at radius 1 is 1.31 bits per heavy atom. The van der Waals surface area contributed by atoms with Crippen LogP contribution >= 0.6 is 11.3 Å². The summed E-state index contributed by atoms with van der Waals surface area (Å²) in [5.41, 5.74) is 2.50. The summed E-state index contributed by atoms with van der Waals surface area (Å²) in [4.78, 5) is 17.3. The average Bonchev–Trinajstić information content (AvgIpc) is 2.96. The van der Waals surface area contributed by atoms with Crippen LogP contribution in [0, 0.1) is 17.1 Å². The van der Waals surface area contributed by atoms with Gasteiger partial charge in [-0.05, 0) is 42.5 Å². The summed E-state index contributed by atoms with van der Waals surface area (Å²) in [5, 5.41) is 13.4. The molecule has 0 saturated heterocycles. The lowest BCUT2D eigenvalue weighted by Gasteiger charge is -2.06. The summed E-state index contributed by atoms with van der Waals surface area (Å²) in [5.74, 6) is -0.507. The van der Waals surface area contributed by atoms with Crippen molar-refractivity contribution in [3.63, 3.8) is 0 Å². The van der Waals surface area contributed by atoms with Crippen molar-refractivity contribution >= 4 is 28.6 Å². The number of anilines is 1. The molecule has 130 valence electrons. The minimum atomic E-state index is -0.340. The fraction of sp³-hybridized carbons (Fsp3) is 0.105. The van der Waals surface area contributed by atoms with E-state index in [9.17, 15) is 9.18 Å². The van der Waals surface area contributed by atoms with Crippen LogP contribution in [0.15, 0.2) is 58.9 Å². The van der Waals surface area contributed by atoms with Crippen molar-refractivity contribution in [2.75, 3.05) is 5.32 Å². The van der Waals surface area contributed by atoms with Crippen LogP contribution in [-0.2, 0) is 18.3 Å². The molecular formula is C19H15FN4OS. The second kappa shape index (κ2) is 7.76. The molecule has 1 aromatic heterocycles. The van der Waals surface area contributed by atoms with E-state index in [-0.39, 0.29) is 18.1 Å². The van der Waals surface area contributed by atoms with Gasteiger partial charge in [0.2, 0.25) is 5.91 Å². The lowest BCUT2D eigenvalue weighted by atomic mass is 10.2. The molecule has 0 aliphatic heterocycles. The molecule has 1 amide bonds. The first-order valence-corrected chi connectivity index (χ1v) is 8.67. The third kappa shape index (κ3) is 4.23. The van der Waals surface area contributed by atoms with Crippen LogP contribution in [0.3, 0.4) is 0 Å². The molecule has 0 atom stereocenters. The summed E-state index contributed by atoms with van der Waals surface area (Å²) < 4.78 is 15.1. The van der Waals surface area contributed by atoms with Gasteiger partial charge in [0.1, 0.15) is 5.82 Å². The van der Waals surface area contributed by atoms with Crippen molar-refractivity contribution in [2.45, 2.75) is 6.42 Å². The molecule has 0 radical (unpaired) electrons. The molecule has 0 aliphatic carbocycles. The lowest BCUT2D eigenvalue weighted by Crippen LogP contribution is -2.19. The molecule has 0 aliphatic rings. The Bertz CT molecular complexity index is 1040. The number of amides is 1. The number of rotatable bonds is 4. The maximum atomic E-state index is 13.3. The van der Waals surface area contributed by atoms with Gasteiger partial charge in [-0.3, -0.25) is 4.79 Å². The Balaban J connectivity index is 1.73. The van der Waals surface area contributed by atoms with Gasteiger partial charge in [-0.15, -0.1) is 11.3 Å². The van der Waals surface area contributed by atoms with Gasteiger partial charge in [-0.25, -0.2) is 9.38 Å². The average molecular weight is 366 g/mol. The van der Waals surface area contributed by atoms with Crippen LogP contribution < -0.4 is 10.1 Å². The Morgan fingerprint density at radius 2 is 2.08 bits per heavy atom. The zero-order valence-corrected chi connectivity index (χ0v) is 14.8. The topological polar surface area (TPSA) is 70.2 Å². The Kier molecular flexibility index (Phi) is 5.25. The number of halogens is 1. The first-order valence-electron chi connectivity index (χ1n) is 7.79. The minimum Gasteiger partial charge on any atom is -0.326 e. The van der Waals surface area contributed by atoms with Gasteiger partial charge < -0.3 is 9.88 Å². The number of aromatic nitrogens is 1. The molecule has 3 rings (SSSR count). The number of benzene rings is 2. The lowest BCUT2D eigenvalue weighted by molar-refractivity contribution is -0.115. The monoisotopic (exact) mass is 366 g/mol. The van der Waals surface area contributed by atoms with Crippen LogP contribution in [0.2, 0.25) is 0 Å².